The Labute approximate surface area is 116 Å². The van der Waals surface area contributed by atoms with Gasteiger partial charge < -0.3 is 9.88 Å². The van der Waals surface area contributed by atoms with Crippen LogP contribution in [0.4, 0.5) is 11.5 Å². The Kier molecular flexibility index (Phi) is 4.65. The first-order valence-corrected chi connectivity index (χ1v) is 6.47. The molecule has 0 aromatic carbocycles. The monoisotopic (exact) mass is 275 g/mol. The summed E-state index contributed by atoms with van der Waals surface area (Å²) in [5.74, 6) is 0.546. The molecule has 0 bridgehead atoms. The molecule has 0 atom stereocenters. The summed E-state index contributed by atoms with van der Waals surface area (Å²) in [6, 6.07) is 1.48. The van der Waals surface area contributed by atoms with Crippen molar-refractivity contribution in [2.45, 2.75) is 26.3 Å². The number of aryl methyl sites for hydroxylation is 2. The zero-order valence-corrected chi connectivity index (χ0v) is 11.3. The highest BCUT2D eigenvalue weighted by Gasteiger charge is 2.11. The SMILES string of the molecule is Cc1cnc(NCCCCn2ccnc2)cc1[N+](=O)[O-]. The van der Waals surface area contributed by atoms with E-state index >= 15 is 0 Å². The van der Waals surface area contributed by atoms with E-state index in [1.807, 2.05) is 10.8 Å². The number of hydrogen-bond donors (Lipinski definition) is 1. The molecule has 0 radical (unpaired) electrons. The van der Waals surface area contributed by atoms with E-state index in [2.05, 4.69) is 15.3 Å². The average molecular weight is 275 g/mol. The summed E-state index contributed by atoms with van der Waals surface area (Å²) in [4.78, 5) is 18.6. The molecule has 0 spiro atoms. The second-order valence-corrected chi connectivity index (χ2v) is 4.55. The molecule has 0 amide bonds. The highest BCUT2D eigenvalue weighted by molar-refractivity contribution is 5.48. The largest absolute Gasteiger partial charge is 0.370 e. The molecule has 1 N–H and O–H groups in total. The quantitative estimate of drug-likeness (QED) is 0.476. The van der Waals surface area contributed by atoms with E-state index in [0.29, 0.717) is 11.4 Å². The fourth-order valence-electron chi connectivity index (χ4n) is 1.86. The summed E-state index contributed by atoms with van der Waals surface area (Å²) < 4.78 is 2.02. The summed E-state index contributed by atoms with van der Waals surface area (Å²) in [5.41, 5.74) is 0.668. The summed E-state index contributed by atoms with van der Waals surface area (Å²) in [7, 11) is 0. The normalized spacial score (nSPS) is 10.4. The van der Waals surface area contributed by atoms with Gasteiger partial charge in [-0.25, -0.2) is 9.97 Å². The maximum Gasteiger partial charge on any atom is 0.277 e. The number of nitrogens with one attached hydrogen (secondary N) is 1. The molecule has 2 aromatic rings. The molecule has 0 saturated carbocycles. The highest BCUT2D eigenvalue weighted by Crippen LogP contribution is 2.19. The summed E-state index contributed by atoms with van der Waals surface area (Å²) >= 11 is 0. The van der Waals surface area contributed by atoms with Gasteiger partial charge in [0.15, 0.2) is 0 Å². The van der Waals surface area contributed by atoms with Crippen LogP contribution in [0.5, 0.6) is 0 Å². The molecule has 0 saturated heterocycles. The van der Waals surface area contributed by atoms with Crippen molar-refractivity contribution in [1.29, 1.82) is 0 Å². The number of anilines is 1. The second-order valence-electron chi connectivity index (χ2n) is 4.55. The number of rotatable bonds is 7. The van der Waals surface area contributed by atoms with Crippen molar-refractivity contribution in [3.63, 3.8) is 0 Å². The van der Waals surface area contributed by atoms with Crippen LogP contribution in [0.15, 0.2) is 31.0 Å². The predicted octanol–water partition coefficient (Wildman–Crippen LogP) is 2.39. The first-order valence-electron chi connectivity index (χ1n) is 6.47. The molecule has 7 nitrogen and oxygen atoms in total. The van der Waals surface area contributed by atoms with E-state index in [-0.39, 0.29) is 10.6 Å². The third-order valence-electron chi connectivity index (χ3n) is 2.98. The predicted molar refractivity (Wildman–Crippen MR) is 75.6 cm³/mol. The van der Waals surface area contributed by atoms with E-state index in [9.17, 15) is 10.1 Å². The smallest absolute Gasteiger partial charge is 0.277 e. The average Bonchev–Trinajstić information content (AvgIpc) is 2.93. The first kappa shape index (κ1) is 14.0. The number of imidazole rings is 1. The van der Waals surface area contributed by atoms with Crippen LogP contribution >= 0.6 is 0 Å². The lowest BCUT2D eigenvalue weighted by molar-refractivity contribution is -0.385. The van der Waals surface area contributed by atoms with Crippen LogP contribution in [-0.4, -0.2) is 26.0 Å². The van der Waals surface area contributed by atoms with Gasteiger partial charge >= 0.3 is 0 Å². The molecule has 20 heavy (non-hydrogen) atoms. The Morgan fingerprint density at radius 3 is 3.00 bits per heavy atom. The minimum absolute atomic E-state index is 0.0981. The Hall–Kier alpha value is -2.44. The number of hydrogen-bond acceptors (Lipinski definition) is 5. The van der Waals surface area contributed by atoms with Gasteiger partial charge in [-0.15, -0.1) is 0 Å². The van der Waals surface area contributed by atoms with Gasteiger partial charge in [0, 0.05) is 37.2 Å². The van der Waals surface area contributed by atoms with Gasteiger partial charge in [0.25, 0.3) is 5.69 Å². The van der Waals surface area contributed by atoms with Gasteiger partial charge in [0.1, 0.15) is 5.82 Å². The van der Waals surface area contributed by atoms with Crippen molar-refractivity contribution in [1.82, 2.24) is 14.5 Å². The number of pyridine rings is 1. The van der Waals surface area contributed by atoms with Gasteiger partial charge in [-0.3, -0.25) is 10.1 Å². The maximum atomic E-state index is 10.8. The van der Waals surface area contributed by atoms with Crippen LogP contribution in [0, 0.1) is 17.0 Å². The second kappa shape index (κ2) is 6.65. The molecule has 0 aliphatic rings. The number of nitrogens with zero attached hydrogens (tertiary/aromatic N) is 4. The Bertz CT molecular complexity index is 568. The molecular weight excluding hydrogens is 258 g/mol. The minimum Gasteiger partial charge on any atom is -0.370 e. The fourth-order valence-corrected chi connectivity index (χ4v) is 1.86. The van der Waals surface area contributed by atoms with Crippen LogP contribution in [0.25, 0.3) is 0 Å². The van der Waals surface area contributed by atoms with Gasteiger partial charge in [-0.1, -0.05) is 0 Å². The van der Waals surface area contributed by atoms with Crippen LogP contribution in [-0.2, 0) is 6.54 Å². The Morgan fingerprint density at radius 2 is 2.30 bits per heavy atom. The van der Waals surface area contributed by atoms with Gasteiger partial charge in [0.2, 0.25) is 0 Å². The maximum absolute atomic E-state index is 10.8. The van der Waals surface area contributed by atoms with Crippen molar-refractivity contribution < 1.29 is 4.92 Å². The summed E-state index contributed by atoms with van der Waals surface area (Å²) in [6.45, 7) is 3.34. The number of nitro groups is 1. The van der Waals surface area contributed by atoms with Crippen LogP contribution in [0.3, 0.4) is 0 Å². The topological polar surface area (TPSA) is 85.9 Å². The molecule has 7 heteroatoms. The van der Waals surface area contributed by atoms with Crippen molar-refractivity contribution >= 4 is 11.5 Å². The van der Waals surface area contributed by atoms with Crippen molar-refractivity contribution in [3.05, 3.63) is 46.7 Å². The van der Waals surface area contributed by atoms with Crippen LogP contribution in [0.2, 0.25) is 0 Å². The van der Waals surface area contributed by atoms with Crippen LogP contribution in [0.1, 0.15) is 18.4 Å². The van der Waals surface area contributed by atoms with Crippen LogP contribution < -0.4 is 5.32 Å². The summed E-state index contributed by atoms with van der Waals surface area (Å²) in [6.07, 6.45) is 8.97. The number of aromatic nitrogens is 3. The molecule has 106 valence electrons. The lowest BCUT2D eigenvalue weighted by Crippen LogP contribution is -2.06. The standard InChI is InChI=1S/C13H17N5O2/c1-11-9-16-13(8-12(11)18(19)20)15-4-2-3-6-17-7-5-14-10-17/h5,7-10H,2-4,6H2,1H3,(H,15,16). The van der Waals surface area contributed by atoms with Gasteiger partial charge in [0.05, 0.1) is 17.3 Å². The van der Waals surface area contributed by atoms with E-state index in [4.69, 9.17) is 0 Å². The van der Waals surface area contributed by atoms with Crippen molar-refractivity contribution in [2.75, 3.05) is 11.9 Å². The fraction of sp³-hybridized carbons (Fsp3) is 0.385. The van der Waals surface area contributed by atoms with E-state index in [1.54, 1.807) is 19.4 Å². The minimum atomic E-state index is -0.388. The molecule has 0 unspecified atom stereocenters. The van der Waals surface area contributed by atoms with Crippen molar-refractivity contribution in [3.8, 4) is 0 Å². The lowest BCUT2D eigenvalue weighted by Gasteiger charge is -2.06. The summed E-state index contributed by atoms with van der Waals surface area (Å²) in [5, 5.41) is 13.9. The Morgan fingerprint density at radius 1 is 1.45 bits per heavy atom. The van der Waals surface area contributed by atoms with Gasteiger partial charge in [-0.05, 0) is 19.8 Å². The molecule has 0 fully saturated rings. The molecule has 0 aliphatic carbocycles. The molecular formula is C13H17N5O2. The van der Waals surface area contributed by atoms with E-state index in [0.717, 1.165) is 25.9 Å². The number of unbranched alkanes of at least 4 members (excludes halogenated alkanes) is 1. The third-order valence-corrected chi connectivity index (χ3v) is 2.98. The Balaban J connectivity index is 1.76. The highest BCUT2D eigenvalue weighted by atomic mass is 16.6. The molecule has 0 aliphatic heterocycles. The molecule has 2 rings (SSSR count). The molecule has 2 heterocycles. The zero-order valence-electron chi connectivity index (χ0n) is 11.3. The third kappa shape index (κ3) is 3.78. The zero-order chi connectivity index (χ0) is 14.4. The van der Waals surface area contributed by atoms with E-state index < -0.39 is 0 Å². The first-order chi connectivity index (χ1) is 9.66. The van der Waals surface area contributed by atoms with E-state index in [1.165, 1.54) is 12.3 Å². The van der Waals surface area contributed by atoms with Crippen molar-refractivity contribution in [2.24, 2.45) is 0 Å². The van der Waals surface area contributed by atoms with Gasteiger partial charge in [-0.2, -0.15) is 0 Å². The molecule has 2 aromatic heterocycles. The lowest BCUT2D eigenvalue weighted by atomic mass is 10.2.